The maximum absolute atomic E-state index is 10.9. The van der Waals surface area contributed by atoms with E-state index in [4.69, 9.17) is 6.42 Å². The van der Waals surface area contributed by atoms with E-state index < -0.39 is 5.91 Å². The number of hydrogen-bond acceptors (Lipinski definition) is 4. The number of aromatic nitrogens is 4. The summed E-state index contributed by atoms with van der Waals surface area (Å²) in [6.45, 7) is 0.160. The van der Waals surface area contributed by atoms with Crippen LogP contribution in [0.15, 0.2) is 0 Å². The third-order valence-corrected chi connectivity index (χ3v) is 0.899. The Balaban J connectivity index is 2.51. The van der Waals surface area contributed by atoms with E-state index in [1.54, 1.807) is 0 Å². The SMILES string of the molecule is C#CCNC(=O)c1nn[nH]n1. The highest BCUT2D eigenvalue weighted by molar-refractivity contribution is 5.90. The molecule has 1 rings (SSSR count). The van der Waals surface area contributed by atoms with Gasteiger partial charge in [0.15, 0.2) is 0 Å². The minimum atomic E-state index is -0.434. The molecular formula is C5H5N5O. The van der Waals surface area contributed by atoms with Gasteiger partial charge >= 0.3 is 0 Å². The van der Waals surface area contributed by atoms with Gasteiger partial charge in [0.05, 0.1) is 6.54 Å². The number of amides is 1. The summed E-state index contributed by atoms with van der Waals surface area (Å²) in [6, 6.07) is 0. The van der Waals surface area contributed by atoms with Gasteiger partial charge in [0.1, 0.15) is 0 Å². The molecule has 0 aliphatic heterocycles. The summed E-state index contributed by atoms with van der Waals surface area (Å²) in [4.78, 5) is 10.9. The van der Waals surface area contributed by atoms with Crippen molar-refractivity contribution in [1.82, 2.24) is 25.9 Å². The van der Waals surface area contributed by atoms with Gasteiger partial charge < -0.3 is 5.32 Å². The topological polar surface area (TPSA) is 83.6 Å². The number of terminal acetylenes is 1. The molecule has 56 valence electrons. The summed E-state index contributed by atoms with van der Waals surface area (Å²) in [5, 5.41) is 14.6. The first-order chi connectivity index (χ1) is 5.34. The number of nitrogens with zero attached hydrogens (tertiary/aromatic N) is 3. The number of aromatic amines is 1. The molecule has 2 N–H and O–H groups in total. The second-order valence-electron chi connectivity index (χ2n) is 1.62. The van der Waals surface area contributed by atoms with Crippen molar-refractivity contribution in [3.8, 4) is 12.3 Å². The van der Waals surface area contributed by atoms with Crippen LogP contribution in [0.5, 0.6) is 0 Å². The van der Waals surface area contributed by atoms with Gasteiger partial charge in [-0.1, -0.05) is 5.92 Å². The van der Waals surface area contributed by atoms with Gasteiger partial charge in [0.2, 0.25) is 0 Å². The highest BCUT2D eigenvalue weighted by Crippen LogP contribution is 1.80. The van der Waals surface area contributed by atoms with Crippen molar-refractivity contribution in [1.29, 1.82) is 0 Å². The molecule has 0 aliphatic carbocycles. The van der Waals surface area contributed by atoms with Crippen LogP contribution in [0, 0.1) is 12.3 Å². The minimum Gasteiger partial charge on any atom is -0.338 e. The number of rotatable bonds is 2. The van der Waals surface area contributed by atoms with E-state index in [0.717, 1.165) is 0 Å². The van der Waals surface area contributed by atoms with Gasteiger partial charge in [0, 0.05) is 0 Å². The lowest BCUT2D eigenvalue weighted by Crippen LogP contribution is -2.24. The standard InChI is InChI=1S/C5H5N5O/c1-2-3-6-5(11)4-7-9-10-8-4/h1H,3H2,(H,6,11)(H,7,8,9,10). The van der Waals surface area contributed by atoms with Crippen LogP contribution in [0.4, 0.5) is 0 Å². The summed E-state index contributed by atoms with van der Waals surface area (Å²) >= 11 is 0. The lowest BCUT2D eigenvalue weighted by molar-refractivity contribution is 0.0948. The zero-order valence-corrected chi connectivity index (χ0v) is 5.53. The lowest BCUT2D eigenvalue weighted by atomic mass is 10.5. The van der Waals surface area contributed by atoms with Crippen molar-refractivity contribution >= 4 is 5.91 Å². The van der Waals surface area contributed by atoms with E-state index in [1.165, 1.54) is 0 Å². The Bertz CT molecular complexity index is 272. The van der Waals surface area contributed by atoms with Crippen LogP contribution in [-0.2, 0) is 0 Å². The van der Waals surface area contributed by atoms with E-state index in [-0.39, 0.29) is 12.4 Å². The van der Waals surface area contributed by atoms with Crippen LogP contribution >= 0.6 is 0 Å². The van der Waals surface area contributed by atoms with E-state index in [9.17, 15) is 4.79 Å². The summed E-state index contributed by atoms with van der Waals surface area (Å²) in [5.41, 5.74) is 0. The molecule has 6 nitrogen and oxygen atoms in total. The monoisotopic (exact) mass is 151 g/mol. The average molecular weight is 151 g/mol. The van der Waals surface area contributed by atoms with Crippen molar-refractivity contribution in [3.05, 3.63) is 5.82 Å². The number of nitrogens with one attached hydrogen (secondary N) is 2. The first-order valence-electron chi connectivity index (χ1n) is 2.79. The number of hydrogen-bond donors (Lipinski definition) is 2. The Morgan fingerprint density at radius 3 is 3.18 bits per heavy atom. The van der Waals surface area contributed by atoms with Gasteiger partial charge in [-0.2, -0.15) is 5.21 Å². The summed E-state index contributed by atoms with van der Waals surface area (Å²) in [7, 11) is 0. The van der Waals surface area contributed by atoms with E-state index in [2.05, 4.69) is 31.9 Å². The Kier molecular flexibility index (Phi) is 2.17. The molecule has 6 heteroatoms. The van der Waals surface area contributed by atoms with Crippen LogP contribution in [0.25, 0.3) is 0 Å². The molecule has 0 saturated carbocycles. The van der Waals surface area contributed by atoms with Gasteiger partial charge in [-0.15, -0.1) is 16.6 Å². The van der Waals surface area contributed by atoms with Crippen LogP contribution in [-0.4, -0.2) is 33.1 Å². The first kappa shape index (κ1) is 7.21. The van der Waals surface area contributed by atoms with Gasteiger partial charge in [-0.05, 0) is 5.21 Å². The van der Waals surface area contributed by atoms with Crippen molar-refractivity contribution in [2.24, 2.45) is 0 Å². The number of carbonyl (C=O) groups excluding carboxylic acids is 1. The van der Waals surface area contributed by atoms with Crippen LogP contribution in [0.2, 0.25) is 0 Å². The second-order valence-corrected chi connectivity index (χ2v) is 1.62. The molecule has 0 bridgehead atoms. The van der Waals surface area contributed by atoms with E-state index >= 15 is 0 Å². The van der Waals surface area contributed by atoms with Gasteiger partial charge in [-0.25, -0.2) is 0 Å². The fourth-order valence-electron chi connectivity index (χ4n) is 0.468. The third-order valence-electron chi connectivity index (χ3n) is 0.899. The molecule has 0 unspecified atom stereocenters. The summed E-state index contributed by atoms with van der Waals surface area (Å²) in [6.07, 6.45) is 4.90. The second kappa shape index (κ2) is 3.31. The Morgan fingerprint density at radius 2 is 2.64 bits per heavy atom. The molecule has 0 radical (unpaired) electrons. The Labute approximate surface area is 62.4 Å². The molecule has 11 heavy (non-hydrogen) atoms. The molecule has 0 aromatic carbocycles. The molecule has 0 aliphatic rings. The van der Waals surface area contributed by atoms with Gasteiger partial charge in [0.25, 0.3) is 11.7 Å². The predicted molar refractivity (Wildman–Crippen MR) is 35.3 cm³/mol. The molecule has 1 aromatic rings. The Morgan fingerprint density at radius 1 is 1.82 bits per heavy atom. The van der Waals surface area contributed by atoms with Crippen molar-refractivity contribution in [3.63, 3.8) is 0 Å². The molecule has 1 aromatic heterocycles. The lowest BCUT2D eigenvalue weighted by Gasteiger charge is -1.92. The Hall–Kier alpha value is -1.90. The average Bonchev–Trinajstić information content (AvgIpc) is 2.52. The van der Waals surface area contributed by atoms with Crippen molar-refractivity contribution in [2.75, 3.05) is 6.54 Å². The quantitative estimate of drug-likeness (QED) is 0.507. The number of carbonyl (C=O) groups is 1. The maximum Gasteiger partial charge on any atom is 0.293 e. The van der Waals surface area contributed by atoms with Gasteiger partial charge in [-0.3, -0.25) is 4.79 Å². The maximum atomic E-state index is 10.9. The normalized spacial score (nSPS) is 8.64. The highest BCUT2D eigenvalue weighted by Gasteiger charge is 2.07. The molecule has 0 spiro atoms. The molecule has 0 fully saturated rings. The summed E-state index contributed by atoms with van der Waals surface area (Å²) in [5.74, 6) is 1.80. The van der Waals surface area contributed by atoms with E-state index in [1.807, 2.05) is 0 Å². The zero-order chi connectivity index (χ0) is 8.10. The smallest absolute Gasteiger partial charge is 0.293 e. The van der Waals surface area contributed by atoms with Crippen LogP contribution in [0.1, 0.15) is 10.6 Å². The molecule has 1 heterocycles. The van der Waals surface area contributed by atoms with Crippen LogP contribution < -0.4 is 5.32 Å². The molecule has 1 amide bonds. The molecule has 0 atom stereocenters. The minimum absolute atomic E-state index is 0.0137. The summed E-state index contributed by atoms with van der Waals surface area (Å²) < 4.78 is 0. The first-order valence-corrected chi connectivity index (χ1v) is 2.79. The van der Waals surface area contributed by atoms with E-state index in [0.29, 0.717) is 0 Å². The van der Waals surface area contributed by atoms with Crippen molar-refractivity contribution in [2.45, 2.75) is 0 Å². The van der Waals surface area contributed by atoms with Crippen LogP contribution in [0.3, 0.4) is 0 Å². The fraction of sp³-hybridized carbons (Fsp3) is 0.200. The molecular weight excluding hydrogens is 146 g/mol. The largest absolute Gasteiger partial charge is 0.338 e. The highest BCUT2D eigenvalue weighted by atomic mass is 16.2. The van der Waals surface area contributed by atoms with Crippen molar-refractivity contribution < 1.29 is 4.79 Å². The number of H-pyrrole nitrogens is 1. The zero-order valence-electron chi connectivity index (χ0n) is 5.53. The molecule has 0 saturated heterocycles. The predicted octanol–water partition coefficient (Wildman–Crippen LogP) is -1.44. The number of tetrazole rings is 1. The fourth-order valence-corrected chi connectivity index (χ4v) is 0.468. The third kappa shape index (κ3) is 1.76.